The molecule has 2 aliphatic carbocycles. The highest BCUT2D eigenvalue weighted by Crippen LogP contribution is 2.38. The zero-order valence-electron chi connectivity index (χ0n) is 13.6. The molecule has 1 heterocycles. The second-order valence-corrected chi connectivity index (χ2v) is 6.96. The largest absolute Gasteiger partial charge is 0.328 e. The summed E-state index contributed by atoms with van der Waals surface area (Å²) in [5.41, 5.74) is 0.351. The molecule has 0 spiro atoms. The number of hydrogen-bond acceptors (Lipinski definition) is 3. The van der Waals surface area contributed by atoms with E-state index in [1.807, 2.05) is 0 Å². The maximum absolute atomic E-state index is 13.8. The monoisotopic (exact) mass is 347 g/mol. The van der Waals surface area contributed by atoms with Crippen LogP contribution >= 0.6 is 0 Å². The van der Waals surface area contributed by atoms with Crippen molar-refractivity contribution >= 4 is 0 Å². The van der Waals surface area contributed by atoms with E-state index in [2.05, 4.69) is 10.3 Å². The first-order valence-electron chi connectivity index (χ1n) is 8.54. The number of aromatic nitrogens is 2. The van der Waals surface area contributed by atoms with Crippen LogP contribution in [0.4, 0.5) is 8.78 Å². The first kappa shape index (κ1) is 16.2. The molecule has 2 saturated carbocycles. The van der Waals surface area contributed by atoms with Crippen LogP contribution in [0.2, 0.25) is 0 Å². The van der Waals surface area contributed by atoms with Crippen molar-refractivity contribution in [2.24, 2.45) is 0 Å². The molecule has 4 rings (SSSR count). The van der Waals surface area contributed by atoms with E-state index in [-0.39, 0.29) is 29.3 Å². The Hall–Kier alpha value is -2.28. The number of hydrogen-bond donors (Lipinski definition) is 2. The predicted octanol–water partition coefficient (Wildman–Crippen LogP) is 2.19. The molecule has 0 unspecified atom stereocenters. The average Bonchev–Trinajstić information content (AvgIpc) is 3.34. The van der Waals surface area contributed by atoms with Crippen LogP contribution in [-0.4, -0.2) is 15.6 Å². The van der Waals surface area contributed by atoms with Gasteiger partial charge < -0.3 is 5.32 Å². The van der Waals surface area contributed by atoms with E-state index in [4.69, 9.17) is 0 Å². The molecular formula is C18H19F2N3O2. The molecule has 0 amide bonds. The number of H-pyrrole nitrogens is 1. The third-order valence-electron chi connectivity index (χ3n) is 5.10. The number of rotatable bonds is 5. The summed E-state index contributed by atoms with van der Waals surface area (Å²) >= 11 is 0. The lowest BCUT2D eigenvalue weighted by atomic mass is 9.75. The summed E-state index contributed by atoms with van der Waals surface area (Å²) in [7, 11) is 0. The van der Waals surface area contributed by atoms with Gasteiger partial charge in [-0.25, -0.2) is 13.6 Å². The molecular weight excluding hydrogens is 328 g/mol. The van der Waals surface area contributed by atoms with Crippen molar-refractivity contribution in [3.8, 4) is 0 Å². The van der Waals surface area contributed by atoms with Gasteiger partial charge >= 0.3 is 5.69 Å². The molecule has 25 heavy (non-hydrogen) atoms. The smallest absolute Gasteiger partial charge is 0.310 e. The van der Waals surface area contributed by atoms with Gasteiger partial charge in [-0.1, -0.05) is 6.07 Å². The molecule has 2 fully saturated rings. The van der Waals surface area contributed by atoms with Crippen LogP contribution in [0.5, 0.6) is 0 Å². The first-order valence-corrected chi connectivity index (χ1v) is 8.54. The van der Waals surface area contributed by atoms with E-state index in [0.29, 0.717) is 17.7 Å². The Labute approximate surface area is 142 Å². The van der Waals surface area contributed by atoms with Crippen molar-refractivity contribution in [3.05, 3.63) is 68.0 Å². The highest BCUT2D eigenvalue weighted by molar-refractivity contribution is 5.25. The SMILES string of the molecule is O=c1[nH]c(=O)n(C2CC2)cc1CNC1CC(c2ccc(F)cc2F)C1. The highest BCUT2D eigenvalue weighted by atomic mass is 19.1. The molecule has 5 nitrogen and oxygen atoms in total. The van der Waals surface area contributed by atoms with E-state index in [9.17, 15) is 18.4 Å². The molecule has 1 aromatic heterocycles. The molecule has 132 valence electrons. The molecule has 2 aromatic rings. The normalized spacial score (nSPS) is 22.6. The van der Waals surface area contributed by atoms with Gasteiger partial charge in [-0.2, -0.15) is 0 Å². The number of benzene rings is 1. The Balaban J connectivity index is 1.37. The van der Waals surface area contributed by atoms with Gasteiger partial charge in [0.05, 0.1) is 0 Å². The molecule has 2 N–H and O–H groups in total. The molecule has 7 heteroatoms. The zero-order valence-corrected chi connectivity index (χ0v) is 13.6. The minimum Gasteiger partial charge on any atom is -0.310 e. The molecule has 0 aliphatic heterocycles. The summed E-state index contributed by atoms with van der Waals surface area (Å²) in [6.07, 6.45) is 5.05. The van der Waals surface area contributed by atoms with Crippen molar-refractivity contribution in [3.63, 3.8) is 0 Å². The van der Waals surface area contributed by atoms with Crippen molar-refractivity contribution in [1.82, 2.24) is 14.9 Å². The van der Waals surface area contributed by atoms with Gasteiger partial charge in [0, 0.05) is 36.5 Å². The fraction of sp³-hybridized carbons (Fsp3) is 0.444. The maximum Gasteiger partial charge on any atom is 0.328 e. The van der Waals surface area contributed by atoms with Crippen molar-refractivity contribution in [2.75, 3.05) is 0 Å². The van der Waals surface area contributed by atoms with Crippen LogP contribution in [-0.2, 0) is 6.54 Å². The molecule has 0 radical (unpaired) electrons. The lowest BCUT2D eigenvalue weighted by molar-refractivity contribution is 0.283. The maximum atomic E-state index is 13.8. The highest BCUT2D eigenvalue weighted by Gasteiger charge is 2.32. The number of nitrogens with one attached hydrogen (secondary N) is 2. The standard InChI is InChI=1S/C18H19F2N3O2/c19-12-1-4-15(16(20)7-12)10-5-13(6-10)21-8-11-9-23(14-2-3-14)18(25)22-17(11)24/h1,4,7,9-10,13-14,21H,2-3,5-6,8H2,(H,22,24,25). The van der Waals surface area contributed by atoms with Crippen molar-refractivity contribution in [2.45, 2.75) is 50.2 Å². The summed E-state index contributed by atoms with van der Waals surface area (Å²) in [6.45, 7) is 0.367. The van der Waals surface area contributed by atoms with Crippen molar-refractivity contribution in [1.29, 1.82) is 0 Å². The number of halogens is 2. The Morgan fingerprint density at radius 3 is 2.64 bits per heavy atom. The van der Waals surface area contributed by atoms with Crippen LogP contribution in [0, 0.1) is 11.6 Å². The zero-order chi connectivity index (χ0) is 17.6. The van der Waals surface area contributed by atoms with Gasteiger partial charge in [0.15, 0.2) is 0 Å². The average molecular weight is 347 g/mol. The molecule has 2 aliphatic rings. The van der Waals surface area contributed by atoms with Gasteiger partial charge in [-0.15, -0.1) is 0 Å². The number of aromatic amines is 1. The van der Waals surface area contributed by atoms with E-state index < -0.39 is 11.6 Å². The Morgan fingerprint density at radius 2 is 1.96 bits per heavy atom. The lowest BCUT2D eigenvalue weighted by Crippen LogP contribution is -2.41. The minimum absolute atomic E-state index is 0.0665. The van der Waals surface area contributed by atoms with Gasteiger partial charge in [-0.3, -0.25) is 14.3 Å². The van der Waals surface area contributed by atoms with E-state index in [1.54, 1.807) is 10.8 Å². The number of nitrogens with zero attached hydrogens (tertiary/aromatic N) is 1. The minimum atomic E-state index is -0.569. The van der Waals surface area contributed by atoms with Crippen LogP contribution in [0.25, 0.3) is 0 Å². The third kappa shape index (κ3) is 3.28. The summed E-state index contributed by atoms with van der Waals surface area (Å²) in [6, 6.07) is 4.08. The first-order chi connectivity index (χ1) is 12.0. The van der Waals surface area contributed by atoms with Gasteiger partial charge in [-0.05, 0) is 43.2 Å². The van der Waals surface area contributed by atoms with Crippen LogP contribution in [0.15, 0.2) is 34.0 Å². The summed E-state index contributed by atoms with van der Waals surface area (Å²) < 4.78 is 28.3. The lowest BCUT2D eigenvalue weighted by Gasteiger charge is -2.36. The van der Waals surface area contributed by atoms with E-state index in [0.717, 1.165) is 31.7 Å². The Kier molecular flexibility index (Phi) is 4.03. The summed E-state index contributed by atoms with van der Waals surface area (Å²) in [5.74, 6) is -1.01. The third-order valence-corrected chi connectivity index (χ3v) is 5.10. The van der Waals surface area contributed by atoms with Crippen LogP contribution < -0.4 is 16.6 Å². The molecule has 0 atom stereocenters. The quantitative estimate of drug-likeness (QED) is 0.871. The van der Waals surface area contributed by atoms with Gasteiger partial charge in [0.1, 0.15) is 11.6 Å². The second kappa shape index (κ2) is 6.22. The van der Waals surface area contributed by atoms with Crippen LogP contribution in [0.3, 0.4) is 0 Å². The Bertz CT molecular complexity index is 911. The van der Waals surface area contributed by atoms with Gasteiger partial charge in [0.25, 0.3) is 5.56 Å². The predicted molar refractivity (Wildman–Crippen MR) is 88.6 cm³/mol. The summed E-state index contributed by atoms with van der Waals surface area (Å²) in [5, 5.41) is 3.28. The Morgan fingerprint density at radius 1 is 1.20 bits per heavy atom. The van der Waals surface area contributed by atoms with Gasteiger partial charge in [0.2, 0.25) is 0 Å². The summed E-state index contributed by atoms with van der Waals surface area (Å²) in [4.78, 5) is 26.0. The van der Waals surface area contributed by atoms with Crippen molar-refractivity contribution < 1.29 is 8.78 Å². The van der Waals surface area contributed by atoms with E-state index in [1.165, 1.54) is 12.1 Å². The van der Waals surface area contributed by atoms with E-state index >= 15 is 0 Å². The topological polar surface area (TPSA) is 66.9 Å². The fourth-order valence-electron chi connectivity index (χ4n) is 3.40. The fourth-order valence-corrected chi connectivity index (χ4v) is 3.40. The molecule has 1 aromatic carbocycles. The second-order valence-electron chi connectivity index (χ2n) is 6.96. The molecule has 0 bridgehead atoms. The molecule has 0 saturated heterocycles. The van der Waals surface area contributed by atoms with Crippen LogP contribution in [0.1, 0.15) is 48.8 Å².